The molecule has 2 rings (SSSR count). The SMILES string of the molecule is CC1CCN(C(=O)C(=O)OCC(F)(F)F)C(c2ccccc2)C1. The van der Waals surface area contributed by atoms with Gasteiger partial charge in [-0.15, -0.1) is 0 Å². The van der Waals surface area contributed by atoms with E-state index in [-0.39, 0.29) is 6.04 Å². The molecule has 4 nitrogen and oxygen atoms in total. The second-order valence-electron chi connectivity index (χ2n) is 5.75. The zero-order valence-corrected chi connectivity index (χ0v) is 12.7. The van der Waals surface area contributed by atoms with Crippen molar-refractivity contribution in [2.75, 3.05) is 13.2 Å². The average Bonchev–Trinajstić information content (AvgIpc) is 2.52. The number of hydrogen-bond acceptors (Lipinski definition) is 3. The molecule has 0 aromatic heterocycles. The van der Waals surface area contributed by atoms with E-state index in [2.05, 4.69) is 4.74 Å². The maximum atomic E-state index is 12.2. The second-order valence-corrected chi connectivity index (χ2v) is 5.75. The van der Waals surface area contributed by atoms with Gasteiger partial charge in [-0.25, -0.2) is 4.79 Å². The molecule has 1 aromatic carbocycles. The smallest absolute Gasteiger partial charge is 0.422 e. The van der Waals surface area contributed by atoms with Crippen LogP contribution in [0, 0.1) is 5.92 Å². The first-order chi connectivity index (χ1) is 10.8. The fraction of sp³-hybridized carbons (Fsp3) is 0.500. The summed E-state index contributed by atoms with van der Waals surface area (Å²) < 4.78 is 40.4. The molecule has 0 N–H and O–H groups in total. The third kappa shape index (κ3) is 4.71. The normalized spacial score (nSPS) is 21.8. The van der Waals surface area contributed by atoms with Crippen LogP contribution in [0.1, 0.15) is 31.4 Å². The van der Waals surface area contributed by atoms with E-state index in [9.17, 15) is 22.8 Å². The molecule has 0 radical (unpaired) electrons. The standard InChI is InChI=1S/C16H18F3NO3/c1-11-7-8-20(13(9-11)12-5-3-2-4-6-12)14(21)15(22)23-10-16(17,18)19/h2-6,11,13H,7-10H2,1H3. The number of halogens is 3. The van der Waals surface area contributed by atoms with E-state index >= 15 is 0 Å². The molecule has 0 spiro atoms. The lowest BCUT2D eigenvalue weighted by Gasteiger charge is -2.38. The third-order valence-corrected chi connectivity index (χ3v) is 3.85. The van der Waals surface area contributed by atoms with Crippen molar-refractivity contribution in [1.29, 1.82) is 0 Å². The minimum Gasteiger partial charge on any atom is -0.449 e. The molecule has 126 valence electrons. The van der Waals surface area contributed by atoms with Gasteiger partial charge in [0.05, 0.1) is 6.04 Å². The summed E-state index contributed by atoms with van der Waals surface area (Å²) >= 11 is 0. The van der Waals surface area contributed by atoms with E-state index in [0.717, 1.165) is 5.56 Å². The number of alkyl halides is 3. The predicted molar refractivity (Wildman–Crippen MR) is 76.3 cm³/mol. The molecule has 1 aliphatic heterocycles. The van der Waals surface area contributed by atoms with Crippen molar-refractivity contribution >= 4 is 11.9 Å². The van der Waals surface area contributed by atoms with Crippen molar-refractivity contribution in [2.45, 2.75) is 32.0 Å². The van der Waals surface area contributed by atoms with Gasteiger partial charge in [-0.05, 0) is 24.3 Å². The molecule has 0 bridgehead atoms. The number of benzene rings is 1. The Morgan fingerprint density at radius 1 is 1.26 bits per heavy atom. The van der Waals surface area contributed by atoms with Crippen LogP contribution in [-0.4, -0.2) is 36.1 Å². The Morgan fingerprint density at radius 2 is 1.91 bits per heavy atom. The molecule has 1 heterocycles. The van der Waals surface area contributed by atoms with Crippen LogP contribution in [0.15, 0.2) is 30.3 Å². The molecule has 0 aliphatic carbocycles. The molecule has 7 heteroatoms. The highest BCUT2D eigenvalue weighted by Gasteiger charge is 2.37. The van der Waals surface area contributed by atoms with E-state index in [1.807, 2.05) is 37.3 Å². The van der Waals surface area contributed by atoms with Crippen LogP contribution in [0.2, 0.25) is 0 Å². The Kier molecular flexibility index (Phi) is 5.28. The Labute approximate surface area is 132 Å². The number of carbonyl (C=O) groups excluding carboxylic acids is 2. The summed E-state index contributed by atoms with van der Waals surface area (Å²) in [6, 6.07) is 8.82. The Bertz CT molecular complexity index is 559. The molecule has 1 aromatic rings. The predicted octanol–water partition coefficient (Wildman–Crippen LogP) is 3.09. The summed E-state index contributed by atoms with van der Waals surface area (Å²) in [5.74, 6) is -2.12. The highest BCUT2D eigenvalue weighted by molar-refractivity contribution is 6.32. The van der Waals surface area contributed by atoms with E-state index in [1.165, 1.54) is 4.90 Å². The highest BCUT2D eigenvalue weighted by Crippen LogP contribution is 2.34. The molecule has 1 amide bonds. The van der Waals surface area contributed by atoms with E-state index in [0.29, 0.717) is 25.3 Å². The van der Waals surface area contributed by atoms with Crippen LogP contribution in [0.5, 0.6) is 0 Å². The summed E-state index contributed by atoms with van der Waals surface area (Å²) in [6.45, 7) is 0.609. The summed E-state index contributed by atoms with van der Waals surface area (Å²) in [7, 11) is 0. The van der Waals surface area contributed by atoms with Crippen LogP contribution >= 0.6 is 0 Å². The number of ether oxygens (including phenoxy) is 1. The molecule has 23 heavy (non-hydrogen) atoms. The van der Waals surface area contributed by atoms with Gasteiger partial charge >= 0.3 is 18.1 Å². The lowest BCUT2D eigenvalue weighted by Crippen LogP contribution is -2.45. The van der Waals surface area contributed by atoms with Gasteiger partial charge in [0.25, 0.3) is 0 Å². The number of amides is 1. The Hall–Kier alpha value is -2.05. The molecular weight excluding hydrogens is 311 g/mol. The molecule has 1 saturated heterocycles. The number of carbonyl (C=O) groups is 2. The third-order valence-electron chi connectivity index (χ3n) is 3.85. The summed E-state index contributed by atoms with van der Waals surface area (Å²) in [6.07, 6.45) is -3.30. The number of nitrogens with zero attached hydrogens (tertiary/aromatic N) is 1. The maximum Gasteiger partial charge on any atom is 0.422 e. The minimum atomic E-state index is -4.65. The fourth-order valence-electron chi connectivity index (χ4n) is 2.70. The van der Waals surface area contributed by atoms with Gasteiger partial charge in [0.2, 0.25) is 0 Å². The monoisotopic (exact) mass is 329 g/mol. The van der Waals surface area contributed by atoms with Gasteiger partial charge in [0.15, 0.2) is 6.61 Å². The van der Waals surface area contributed by atoms with E-state index in [1.54, 1.807) is 0 Å². The van der Waals surface area contributed by atoms with Crippen molar-refractivity contribution < 1.29 is 27.5 Å². The second kappa shape index (κ2) is 7.02. The van der Waals surface area contributed by atoms with Crippen molar-refractivity contribution in [3.8, 4) is 0 Å². The Morgan fingerprint density at radius 3 is 2.52 bits per heavy atom. The summed E-state index contributed by atoms with van der Waals surface area (Å²) in [5, 5.41) is 0. The molecule has 2 atom stereocenters. The quantitative estimate of drug-likeness (QED) is 0.619. The van der Waals surface area contributed by atoms with E-state index < -0.39 is 24.7 Å². The van der Waals surface area contributed by atoms with Gasteiger partial charge in [-0.1, -0.05) is 37.3 Å². The maximum absolute atomic E-state index is 12.2. The molecular formula is C16H18F3NO3. The highest BCUT2D eigenvalue weighted by atomic mass is 19.4. The lowest BCUT2D eigenvalue weighted by molar-refractivity contribution is -0.190. The molecule has 1 fully saturated rings. The number of likely N-dealkylation sites (tertiary alicyclic amines) is 1. The minimum absolute atomic E-state index is 0.320. The Balaban J connectivity index is 2.11. The van der Waals surface area contributed by atoms with Crippen LogP contribution in [-0.2, 0) is 14.3 Å². The lowest BCUT2D eigenvalue weighted by atomic mass is 9.88. The number of rotatable bonds is 2. The van der Waals surface area contributed by atoms with Crippen molar-refractivity contribution in [1.82, 2.24) is 4.90 Å². The molecule has 1 aliphatic rings. The van der Waals surface area contributed by atoms with Crippen LogP contribution < -0.4 is 0 Å². The van der Waals surface area contributed by atoms with Gasteiger partial charge in [0.1, 0.15) is 0 Å². The summed E-state index contributed by atoms with van der Waals surface area (Å²) in [4.78, 5) is 25.1. The van der Waals surface area contributed by atoms with Gasteiger partial charge in [0, 0.05) is 6.54 Å². The van der Waals surface area contributed by atoms with Crippen LogP contribution in [0.3, 0.4) is 0 Å². The number of piperidine rings is 1. The van der Waals surface area contributed by atoms with Crippen molar-refractivity contribution in [2.24, 2.45) is 5.92 Å². The fourth-order valence-corrected chi connectivity index (χ4v) is 2.70. The van der Waals surface area contributed by atoms with E-state index in [4.69, 9.17) is 0 Å². The number of esters is 1. The zero-order chi connectivity index (χ0) is 17.0. The van der Waals surface area contributed by atoms with Crippen LogP contribution in [0.25, 0.3) is 0 Å². The summed E-state index contributed by atoms with van der Waals surface area (Å²) in [5.41, 5.74) is 0.857. The van der Waals surface area contributed by atoms with Gasteiger partial charge in [-0.3, -0.25) is 4.79 Å². The van der Waals surface area contributed by atoms with Gasteiger partial charge in [-0.2, -0.15) is 13.2 Å². The number of hydrogen-bond donors (Lipinski definition) is 0. The van der Waals surface area contributed by atoms with Crippen molar-refractivity contribution in [3.63, 3.8) is 0 Å². The average molecular weight is 329 g/mol. The zero-order valence-electron chi connectivity index (χ0n) is 12.7. The van der Waals surface area contributed by atoms with Crippen molar-refractivity contribution in [3.05, 3.63) is 35.9 Å². The molecule has 0 saturated carbocycles. The first-order valence-corrected chi connectivity index (χ1v) is 7.37. The first-order valence-electron chi connectivity index (χ1n) is 7.37. The topological polar surface area (TPSA) is 46.6 Å². The van der Waals surface area contributed by atoms with Crippen LogP contribution in [0.4, 0.5) is 13.2 Å². The largest absolute Gasteiger partial charge is 0.449 e. The van der Waals surface area contributed by atoms with Gasteiger partial charge < -0.3 is 9.64 Å². The molecule has 2 unspecified atom stereocenters. The first kappa shape index (κ1) is 17.3.